The predicted molar refractivity (Wildman–Crippen MR) is 141 cm³/mol. The number of halogens is 4. The number of amides is 2. The summed E-state index contributed by atoms with van der Waals surface area (Å²) in [7, 11) is 0. The van der Waals surface area contributed by atoms with Gasteiger partial charge in [-0.1, -0.05) is 31.2 Å². The topological polar surface area (TPSA) is 102 Å². The number of nitrogens with one attached hydrogen (secondary N) is 2. The monoisotopic (exact) mass is 548 g/mol. The minimum Gasteiger partial charge on any atom is -0.438 e. The fraction of sp³-hybridized carbons (Fsp3) is 0.107. The first-order chi connectivity index (χ1) is 19.2. The number of pyridine rings is 1. The molecular weight excluding hydrogens is 528 g/mol. The molecule has 8 nitrogen and oxygen atoms in total. The molecule has 202 valence electrons. The molecule has 0 unspecified atom stereocenters. The van der Waals surface area contributed by atoms with Crippen LogP contribution in [0.2, 0.25) is 0 Å². The van der Waals surface area contributed by atoms with Crippen molar-refractivity contribution in [3.05, 3.63) is 96.5 Å². The lowest BCUT2D eigenvalue weighted by atomic mass is 10.1. The van der Waals surface area contributed by atoms with Crippen molar-refractivity contribution in [2.45, 2.75) is 19.5 Å². The van der Waals surface area contributed by atoms with E-state index < -0.39 is 29.3 Å². The third-order valence-electron chi connectivity index (χ3n) is 5.83. The van der Waals surface area contributed by atoms with Gasteiger partial charge < -0.3 is 15.4 Å². The Kier molecular flexibility index (Phi) is 7.23. The second-order valence-corrected chi connectivity index (χ2v) is 8.47. The molecule has 0 fully saturated rings. The van der Waals surface area contributed by atoms with Crippen molar-refractivity contribution in [2.24, 2.45) is 0 Å². The van der Waals surface area contributed by atoms with E-state index in [0.29, 0.717) is 64.0 Å². The first-order valence-electron chi connectivity index (χ1n) is 12.0. The van der Waals surface area contributed by atoms with E-state index in [0.717, 1.165) is 0 Å². The number of anilines is 2. The van der Waals surface area contributed by atoms with Gasteiger partial charge in [-0.3, -0.25) is 0 Å². The first-order valence-corrected chi connectivity index (χ1v) is 12.0. The van der Waals surface area contributed by atoms with Crippen molar-refractivity contribution >= 4 is 28.2 Å². The first kappa shape index (κ1) is 26.5. The van der Waals surface area contributed by atoms with Crippen LogP contribution in [0.1, 0.15) is 18.3 Å². The van der Waals surface area contributed by atoms with Crippen molar-refractivity contribution < 1.29 is 27.1 Å². The summed E-state index contributed by atoms with van der Waals surface area (Å²) in [5.41, 5.74) is -0.829. The van der Waals surface area contributed by atoms with Gasteiger partial charge in [0.25, 0.3) is 0 Å². The molecule has 5 rings (SSSR count). The maximum atomic E-state index is 14.1. The Balaban J connectivity index is 1.43. The molecule has 0 radical (unpaired) electrons. The maximum absolute atomic E-state index is 14.1. The second kappa shape index (κ2) is 10.9. The third kappa shape index (κ3) is 5.65. The van der Waals surface area contributed by atoms with Crippen LogP contribution in [0.3, 0.4) is 0 Å². The molecule has 12 heteroatoms. The van der Waals surface area contributed by atoms with E-state index in [1.54, 1.807) is 54.7 Å². The van der Waals surface area contributed by atoms with E-state index in [2.05, 4.69) is 30.6 Å². The summed E-state index contributed by atoms with van der Waals surface area (Å²) < 4.78 is 59.4. The van der Waals surface area contributed by atoms with Crippen molar-refractivity contribution in [1.29, 1.82) is 0 Å². The number of ether oxygens (including phenoxy) is 1. The van der Waals surface area contributed by atoms with Crippen LogP contribution in [0.5, 0.6) is 11.6 Å². The summed E-state index contributed by atoms with van der Waals surface area (Å²) in [6, 6.07) is 14.5. The highest BCUT2D eigenvalue weighted by atomic mass is 19.4. The van der Waals surface area contributed by atoms with Gasteiger partial charge in [0, 0.05) is 23.4 Å². The van der Waals surface area contributed by atoms with E-state index in [1.807, 2.05) is 6.92 Å². The van der Waals surface area contributed by atoms with Gasteiger partial charge in [-0.2, -0.15) is 13.2 Å². The lowest BCUT2D eigenvalue weighted by Gasteiger charge is -2.15. The van der Waals surface area contributed by atoms with Gasteiger partial charge in [0.05, 0.1) is 22.5 Å². The summed E-state index contributed by atoms with van der Waals surface area (Å²) in [5, 5.41) is 5.87. The largest absolute Gasteiger partial charge is 0.438 e. The van der Waals surface area contributed by atoms with Crippen LogP contribution in [0.4, 0.5) is 33.7 Å². The number of hydrogen-bond acceptors (Lipinski definition) is 6. The van der Waals surface area contributed by atoms with Gasteiger partial charge in [-0.15, -0.1) is 0 Å². The SMILES string of the molecule is CCc1ncnc(-c2cccnc2Oc2ccc(NC(=O)Nc3cc(C(F)(F)F)ccc3F)c3ccccc23)n1. The molecule has 2 amide bonds. The molecule has 3 aromatic carbocycles. The molecule has 2 N–H and O–H groups in total. The Bertz CT molecular complexity index is 1710. The van der Waals surface area contributed by atoms with Crippen LogP contribution in [0.25, 0.3) is 22.2 Å². The highest BCUT2D eigenvalue weighted by Crippen LogP contribution is 2.37. The summed E-state index contributed by atoms with van der Waals surface area (Å²) in [4.78, 5) is 29.8. The van der Waals surface area contributed by atoms with Crippen molar-refractivity contribution in [2.75, 3.05) is 10.6 Å². The molecule has 5 aromatic rings. The van der Waals surface area contributed by atoms with Crippen molar-refractivity contribution in [3.8, 4) is 23.0 Å². The molecule has 0 aliphatic rings. The van der Waals surface area contributed by atoms with Crippen LogP contribution in [0.15, 0.2) is 79.3 Å². The average Bonchev–Trinajstić information content (AvgIpc) is 2.95. The molecule has 0 saturated heterocycles. The molecule has 0 aliphatic carbocycles. The zero-order chi connectivity index (χ0) is 28.3. The number of aryl methyl sites for hydroxylation is 1. The Morgan fingerprint density at radius 2 is 1.68 bits per heavy atom. The van der Waals surface area contributed by atoms with Gasteiger partial charge in [-0.25, -0.2) is 29.1 Å². The third-order valence-corrected chi connectivity index (χ3v) is 5.83. The van der Waals surface area contributed by atoms with Gasteiger partial charge in [-0.05, 0) is 42.5 Å². The summed E-state index contributed by atoms with van der Waals surface area (Å²) in [6.07, 6.45) is -1.08. The van der Waals surface area contributed by atoms with Gasteiger partial charge in [0.1, 0.15) is 23.7 Å². The molecule has 0 atom stereocenters. The maximum Gasteiger partial charge on any atom is 0.416 e. The van der Waals surface area contributed by atoms with E-state index >= 15 is 0 Å². The van der Waals surface area contributed by atoms with Crippen molar-refractivity contribution in [3.63, 3.8) is 0 Å². The minimum absolute atomic E-state index is 0.249. The van der Waals surface area contributed by atoms with Crippen LogP contribution < -0.4 is 15.4 Å². The van der Waals surface area contributed by atoms with Gasteiger partial charge in [0.15, 0.2) is 5.82 Å². The lowest BCUT2D eigenvalue weighted by Crippen LogP contribution is -2.21. The van der Waals surface area contributed by atoms with Crippen LogP contribution in [-0.4, -0.2) is 26.0 Å². The van der Waals surface area contributed by atoms with Crippen molar-refractivity contribution in [1.82, 2.24) is 19.9 Å². The van der Waals surface area contributed by atoms with E-state index in [9.17, 15) is 22.4 Å². The fourth-order valence-corrected chi connectivity index (χ4v) is 3.92. The number of hydrogen-bond donors (Lipinski definition) is 2. The van der Waals surface area contributed by atoms with Crippen LogP contribution in [0, 0.1) is 5.82 Å². The standard InChI is InChI=1S/C28H20F4N6O2/c1-2-24-34-15-35-25(38-24)19-8-5-13-33-26(19)40-23-12-11-21(17-6-3-4-7-18(17)23)36-27(39)37-22-14-16(28(30,31)32)9-10-20(22)29/h3-15H,2H2,1H3,(H2,36,37,39). The van der Waals surface area contributed by atoms with E-state index in [1.165, 1.54) is 6.33 Å². The Hall–Kier alpha value is -5.13. The number of aromatic nitrogens is 4. The number of carbonyl (C=O) groups is 1. The predicted octanol–water partition coefficient (Wildman–Crippen LogP) is 7.24. The fourth-order valence-electron chi connectivity index (χ4n) is 3.92. The average molecular weight is 549 g/mol. The Morgan fingerprint density at radius 1 is 0.900 bits per heavy atom. The smallest absolute Gasteiger partial charge is 0.416 e. The van der Waals surface area contributed by atoms with Crippen LogP contribution >= 0.6 is 0 Å². The number of nitrogens with zero attached hydrogens (tertiary/aromatic N) is 4. The summed E-state index contributed by atoms with van der Waals surface area (Å²) in [6.45, 7) is 1.93. The molecule has 40 heavy (non-hydrogen) atoms. The molecule has 2 aromatic heterocycles. The quantitative estimate of drug-likeness (QED) is 0.217. The minimum atomic E-state index is -4.69. The molecule has 0 saturated carbocycles. The van der Waals surface area contributed by atoms with E-state index in [4.69, 9.17) is 4.74 Å². The lowest BCUT2D eigenvalue weighted by molar-refractivity contribution is -0.137. The summed E-state index contributed by atoms with van der Waals surface area (Å²) >= 11 is 0. The highest BCUT2D eigenvalue weighted by Gasteiger charge is 2.31. The summed E-state index contributed by atoms with van der Waals surface area (Å²) in [5.74, 6) is 0.668. The van der Waals surface area contributed by atoms with Crippen LogP contribution in [-0.2, 0) is 12.6 Å². The molecule has 0 spiro atoms. The number of rotatable bonds is 6. The molecule has 0 aliphatic heterocycles. The van der Waals surface area contributed by atoms with E-state index in [-0.39, 0.29) is 5.88 Å². The van der Waals surface area contributed by atoms with Gasteiger partial charge >= 0.3 is 12.2 Å². The number of carbonyl (C=O) groups excluding carboxylic acids is 1. The number of urea groups is 1. The zero-order valence-electron chi connectivity index (χ0n) is 20.8. The second-order valence-electron chi connectivity index (χ2n) is 8.47. The number of fused-ring (bicyclic) bond motifs is 1. The number of benzene rings is 3. The molecular formula is C28H20F4N6O2. The Labute approximate surface area is 225 Å². The Morgan fingerprint density at radius 3 is 2.45 bits per heavy atom. The highest BCUT2D eigenvalue weighted by molar-refractivity contribution is 6.07. The molecule has 2 heterocycles. The normalized spacial score (nSPS) is 11.3. The number of alkyl halides is 3. The molecule has 0 bridgehead atoms. The zero-order valence-corrected chi connectivity index (χ0v) is 20.8. The van der Waals surface area contributed by atoms with Gasteiger partial charge in [0.2, 0.25) is 5.88 Å².